The maximum absolute atomic E-state index is 12.5. The van der Waals surface area contributed by atoms with Crippen LogP contribution in [0.1, 0.15) is 11.1 Å². The number of carbonyl (C=O) groups excluding carboxylic acids is 1. The van der Waals surface area contributed by atoms with Crippen molar-refractivity contribution in [2.75, 3.05) is 39.0 Å². The Labute approximate surface area is 182 Å². The normalized spacial score (nSPS) is 11.1. The molecule has 158 valence electrons. The lowest BCUT2D eigenvalue weighted by Crippen LogP contribution is -2.33. The van der Waals surface area contributed by atoms with Gasteiger partial charge >= 0.3 is 0 Å². The molecule has 0 unspecified atom stereocenters. The van der Waals surface area contributed by atoms with Crippen LogP contribution >= 0.6 is 11.6 Å². The summed E-state index contributed by atoms with van der Waals surface area (Å²) in [6, 6.07) is 13.7. The Morgan fingerprint density at radius 1 is 1.10 bits per heavy atom. The second kappa shape index (κ2) is 9.89. The zero-order chi connectivity index (χ0) is 21.7. The third-order valence-electron chi connectivity index (χ3n) is 4.89. The fraction of sp³-hybridized carbons (Fsp3) is 0.304. The molecule has 2 N–H and O–H groups in total. The maximum Gasteiger partial charge on any atom is 0.240 e. The number of nitrogens with one attached hydrogen (secondary N) is 2. The number of aromatic nitrogens is 2. The fourth-order valence-corrected chi connectivity index (χ4v) is 3.10. The first kappa shape index (κ1) is 22.0. The lowest BCUT2D eigenvalue weighted by atomic mass is 10.1. The van der Waals surface area contributed by atoms with E-state index in [1.165, 1.54) is 11.1 Å². The highest BCUT2D eigenvalue weighted by molar-refractivity contribution is 6.30. The van der Waals surface area contributed by atoms with Gasteiger partial charge in [-0.05, 0) is 63.3 Å². The number of benzene rings is 2. The van der Waals surface area contributed by atoms with Gasteiger partial charge in [-0.15, -0.1) is 0 Å². The van der Waals surface area contributed by atoms with Gasteiger partial charge in [0, 0.05) is 35.6 Å². The number of likely N-dealkylation sites (N-methyl/N-ethyl adjacent to an activating group) is 1. The average molecular weight is 426 g/mol. The van der Waals surface area contributed by atoms with Crippen LogP contribution in [0, 0.1) is 13.8 Å². The topological polar surface area (TPSA) is 62.2 Å². The van der Waals surface area contributed by atoms with Crippen LogP contribution in [0.2, 0.25) is 5.02 Å². The monoisotopic (exact) mass is 425 g/mol. The van der Waals surface area contributed by atoms with E-state index in [1.807, 2.05) is 55.2 Å². The summed E-state index contributed by atoms with van der Waals surface area (Å²) in [6.07, 6.45) is 1.93. The predicted molar refractivity (Wildman–Crippen MR) is 124 cm³/mol. The molecule has 0 saturated carbocycles. The van der Waals surface area contributed by atoms with Gasteiger partial charge in [-0.3, -0.25) is 14.7 Å². The van der Waals surface area contributed by atoms with E-state index >= 15 is 0 Å². The lowest BCUT2D eigenvalue weighted by molar-refractivity contribution is -0.115. The predicted octanol–water partition coefficient (Wildman–Crippen LogP) is 3.90. The van der Waals surface area contributed by atoms with Crippen molar-refractivity contribution in [2.45, 2.75) is 13.8 Å². The first-order chi connectivity index (χ1) is 14.3. The number of amides is 1. The first-order valence-electron chi connectivity index (χ1n) is 9.92. The molecule has 0 aliphatic rings. The summed E-state index contributed by atoms with van der Waals surface area (Å²) in [5.41, 5.74) is 5.04. The van der Waals surface area contributed by atoms with Crippen molar-refractivity contribution in [3.63, 3.8) is 0 Å². The lowest BCUT2D eigenvalue weighted by Gasteiger charge is -2.12. The van der Waals surface area contributed by atoms with Crippen molar-refractivity contribution in [1.29, 1.82) is 0 Å². The third-order valence-corrected chi connectivity index (χ3v) is 5.14. The molecule has 0 atom stereocenters. The average Bonchev–Trinajstić information content (AvgIpc) is 3.11. The summed E-state index contributed by atoms with van der Waals surface area (Å²) in [4.78, 5) is 19.2. The minimum atomic E-state index is -0.132. The maximum atomic E-state index is 12.5. The molecule has 7 heteroatoms. The zero-order valence-electron chi connectivity index (χ0n) is 17.9. The Kier molecular flexibility index (Phi) is 7.26. The highest BCUT2D eigenvalue weighted by Crippen LogP contribution is 2.26. The minimum Gasteiger partial charge on any atom is -0.308 e. The number of halogens is 1. The molecule has 0 aliphatic carbocycles. The Morgan fingerprint density at radius 3 is 2.50 bits per heavy atom. The van der Waals surface area contributed by atoms with Crippen LogP contribution < -0.4 is 10.6 Å². The standard InChI is InChI=1S/C23H28ClN5O/c1-16-5-10-20(13-17(16)2)29-15-21(18-6-8-19(24)9-7-18)26-23(29)27-22(30)14-25-11-12-28(3)4/h5-10,13,15,25H,11-12,14H2,1-4H3,(H,26,27,30). The molecular weight excluding hydrogens is 398 g/mol. The Bertz CT molecular complexity index is 1010. The summed E-state index contributed by atoms with van der Waals surface area (Å²) < 4.78 is 1.91. The van der Waals surface area contributed by atoms with Crippen LogP contribution in [0.25, 0.3) is 16.9 Å². The third kappa shape index (κ3) is 5.69. The number of carbonyl (C=O) groups is 1. The van der Waals surface area contributed by atoms with Crippen molar-refractivity contribution in [2.24, 2.45) is 0 Å². The van der Waals surface area contributed by atoms with Crippen molar-refractivity contribution in [3.8, 4) is 16.9 Å². The van der Waals surface area contributed by atoms with E-state index in [0.717, 1.165) is 30.0 Å². The molecule has 0 saturated heterocycles. The SMILES string of the molecule is Cc1ccc(-n2cc(-c3ccc(Cl)cc3)nc2NC(=O)CNCCN(C)C)cc1C. The van der Waals surface area contributed by atoms with E-state index in [0.29, 0.717) is 11.0 Å². The van der Waals surface area contributed by atoms with Crippen LogP contribution in [-0.2, 0) is 4.79 Å². The van der Waals surface area contributed by atoms with Gasteiger partial charge in [0.05, 0.1) is 12.2 Å². The van der Waals surface area contributed by atoms with Gasteiger partial charge in [0.25, 0.3) is 0 Å². The molecule has 0 spiro atoms. The van der Waals surface area contributed by atoms with Crippen LogP contribution in [0.5, 0.6) is 0 Å². The van der Waals surface area contributed by atoms with Crippen LogP contribution in [0.4, 0.5) is 5.95 Å². The largest absolute Gasteiger partial charge is 0.308 e. The molecule has 0 radical (unpaired) electrons. The molecule has 2 aromatic carbocycles. The van der Waals surface area contributed by atoms with Gasteiger partial charge in [-0.1, -0.05) is 29.8 Å². The number of nitrogens with zero attached hydrogens (tertiary/aromatic N) is 3. The van der Waals surface area contributed by atoms with Crippen molar-refractivity contribution >= 4 is 23.5 Å². The van der Waals surface area contributed by atoms with E-state index in [2.05, 4.69) is 46.5 Å². The van der Waals surface area contributed by atoms with Gasteiger partial charge in [-0.25, -0.2) is 4.98 Å². The minimum absolute atomic E-state index is 0.132. The molecule has 1 amide bonds. The molecule has 3 rings (SSSR count). The smallest absolute Gasteiger partial charge is 0.240 e. The highest BCUT2D eigenvalue weighted by Gasteiger charge is 2.14. The Balaban J connectivity index is 1.86. The number of aryl methyl sites for hydroxylation is 2. The van der Waals surface area contributed by atoms with Gasteiger partial charge in [-0.2, -0.15) is 0 Å². The van der Waals surface area contributed by atoms with Crippen LogP contribution in [0.15, 0.2) is 48.7 Å². The summed E-state index contributed by atoms with van der Waals surface area (Å²) in [7, 11) is 4.00. The number of imidazole rings is 1. The van der Waals surface area contributed by atoms with E-state index < -0.39 is 0 Å². The zero-order valence-corrected chi connectivity index (χ0v) is 18.6. The second-order valence-electron chi connectivity index (χ2n) is 7.62. The number of rotatable bonds is 8. The fourth-order valence-electron chi connectivity index (χ4n) is 2.97. The van der Waals surface area contributed by atoms with E-state index in [1.54, 1.807) is 0 Å². The number of anilines is 1. The van der Waals surface area contributed by atoms with Gasteiger partial charge in [0.1, 0.15) is 0 Å². The van der Waals surface area contributed by atoms with Crippen LogP contribution in [-0.4, -0.2) is 54.1 Å². The molecule has 30 heavy (non-hydrogen) atoms. The summed E-state index contributed by atoms with van der Waals surface area (Å²) in [5.74, 6) is 0.356. The van der Waals surface area contributed by atoms with E-state index in [9.17, 15) is 4.79 Å². The molecule has 0 fully saturated rings. The summed E-state index contributed by atoms with van der Waals surface area (Å²) >= 11 is 6.02. The van der Waals surface area contributed by atoms with Crippen LogP contribution in [0.3, 0.4) is 0 Å². The van der Waals surface area contributed by atoms with Crippen molar-refractivity contribution in [1.82, 2.24) is 19.8 Å². The summed E-state index contributed by atoms with van der Waals surface area (Å²) in [5, 5.41) is 6.77. The molecule has 1 heterocycles. The van der Waals surface area contributed by atoms with Crippen molar-refractivity contribution in [3.05, 3.63) is 64.8 Å². The Hall–Kier alpha value is -2.67. The summed E-state index contributed by atoms with van der Waals surface area (Å²) in [6.45, 7) is 5.98. The molecule has 0 bridgehead atoms. The van der Waals surface area contributed by atoms with Crippen molar-refractivity contribution < 1.29 is 4.79 Å². The molecule has 6 nitrogen and oxygen atoms in total. The highest BCUT2D eigenvalue weighted by atomic mass is 35.5. The second-order valence-corrected chi connectivity index (χ2v) is 8.06. The number of hydrogen-bond donors (Lipinski definition) is 2. The first-order valence-corrected chi connectivity index (χ1v) is 10.3. The van der Waals surface area contributed by atoms with Gasteiger partial charge in [0.15, 0.2) is 0 Å². The van der Waals surface area contributed by atoms with Gasteiger partial charge < -0.3 is 10.2 Å². The molecular formula is C23H28ClN5O. The number of hydrogen-bond acceptors (Lipinski definition) is 4. The Morgan fingerprint density at radius 2 is 1.83 bits per heavy atom. The molecule has 0 aliphatic heterocycles. The molecule has 1 aromatic heterocycles. The molecule has 3 aromatic rings. The van der Waals surface area contributed by atoms with E-state index in [-0.39, 0.29) is 12.5 Å². The van der Waals surface area contributed by atoms with E-state index in [4.69, 9.17) is 11.6 Å². The quantitative estimate of drug-likeness (QED) is 0.537. The van der Waals surface area contributed by atoms with Gasteiger partial charge in [0.2, 0.25) is 11.9 Å².